The molecule has 0 aromatic heterocycles. The second-order valence-corrected chi connectivity index (χ2v) is 6.90. The van der Waals surface area contributed by atoms with Crippen LogP contribution in [-0.2, 0) is 17.9 Å². The third-order valence-electron chi connectivity index (χ3n) is 3.78. The summed E-state index contributed by atoms with van der Waals surface area (Å²) in [7, 11) is 0. The Balaban J connectivity index is 1.85. The number of nitrogens with one attached hydrogen (secondary N) is 1. The summed E-state index contributed by atoms with van der Waals surface area (Å²) in [5, 5.41) is 13.0. The summed E-state index contributed by atoms with van der Waals surface area (Å²) in [5.41, 5.74) is 2.03. The summed E-state index contributed by atoms with van der Waals surface area (Å²) in [5.74, 6) is 0.284. The molecule has 0 spiro atoms. The Morgan fingerprint density at radius 2 is 1.88 bits per heavy atom. The molecule has 0 radical (unpaired) electrons. The third kappa shape index (κ3) is 6.77. The average molecular weight is 362 g/mol. The number of benzene rings is 2. The molecule has 5 heteroatoms. The minimum absolute atomic E-state index is 0.330. The van der Waals surface area contributed by atoms with Crippen molar-refractivity contribution < 1.29 is 14.6 Å². The summed E-state index contributed by atoms with van der Waals surface area (Å²) in [4.78, 5) is 11.3. The lowest BCUT2D eigenvalue weighted by Crippen LogP contribution is -2.37. The Labute approximate surface area is 153 Å². The monoisotopic (exact) mass is 361 g/mol. The van der Waals surface area contributed by atoms with E-state index in [0.29, 0.717) is 30.5 Å². The Morgan fingerprint density at radius 1 is 1.16 bits per heavy atom. The van der Waals surface area contributed by atoms with Gasteiger partial charge in [-0.05, 0) is 47.7 Å². The number of carboxylic acids is 1. The van der Waals surface area contributed by atoms with Crippen LogP contribution >= 0.6 is 11.6 Å². The first kappa shape index (κ1) is 19.3. The molecular formula is C20H24ClNO3. The molecule has 2 N–H and O–H groups in total. The Kier molecular flexibility index (Phi) is 7.29. The van der Waals surface area contributed by atoms with E-state index in [0.717, 1.165) is 16.9 Å². The van der Waals surface area contributed by atoms with Gasteiger partial charge in [-0.1, -0.05) is 49.7 Å². The van der Waals surface area contributed by atoms with Crippen LogP contribution in [0.1, 0.15) is 31.4 Å². The van der Waals surface area contributed by atoms with Gasteiger partial charge in [-0.3, -0.25) is 4.79 Å². The molecule has 0 fully saturated rings. The number of halogens is 1. The Hall–Kier alpha value is -2.04. The molecule has 1 unspecified atom stereocenters. The van der Waals surface area contributed by atoms with Crippen molar-refractivity contribution >= 4 is 17.6 Å². The van der Waals surface area contributed by atoms with E-state index in [9.17, 15) is 9.90 Å². The second-order valence-electron chi connectivity index (χ2n) is 6.46. The fraction of sp³-hybridized carbons (Fsp3) is 0.350. The van der Waals surface area contributed by atoms with Crippen LogP contribution in [0.3, 0.4) is 0 Å². The molecule has 4 nitrogen and oxygen atoms in total. The van der Waals surface area contributed by atoms with Gasteiger partial charge in [-0.2, -0.15) is 0 Å². The van der Waals surface area contributed by atoms with Crippen LogP contribution in [-0.4, -0.2) is 17.1 Å². The summed E-state index contributed by atoms with van der Waals surface area (Å²) in [6.07, 6.45) is 0.607. The largest absolute Gasteiger partial charge is 0.489 e. The third-order valence-corrected chi connectivity index (χ3v) is 4.01. The molecule has 1 atom stereocenters. The molecular weight excluding hydrogens is 338 g/mol. The zero-order valence-electron chi connectivity index (χ0n) is 14.5. The SMILES string of the molecule is CC(C)CC(NCc1ccc(OCc2cccc(Cl)c2)cc1)C(=O)O. The van der Waals surface area contributed by atoms with Crippen molar-refractivity contribution in [2.24, 2.45) is 5.92 Å². The predicted octanol–water partition coefficient (Wildman–Crippen LogP) is 4.51. The van der Waals surface area contributed by atoms with Crippen LogP contribution in [0.5, 0.6) is 5.75 Å². The van der Waals surface area contributed by atoms with Crippen molar-refractivity contribution in [2.45, 2.75) is 39.5 Å². The number of aliphatic carboxylic acids is 1. The van der Waals surface area contributed by atoms with Crippen LogP contribution in [0.15, 0.2) is 48.5 Å². The highest BCUT2D eigenvalue weighted by molar-refractivity contribution is 6.30. The van der Waals surface area contributed by atoms with Crippen LogP contribution in [0.25, 0.3) is 0 Å². The number of carbonyl (C=O) groups is 1. The minimum Gasteiger partial charge on any atom is -0.489 e. The van der Waals surface area contributed by atoms with Crippen molar-refractivity contribution in [2.75, 3.05) is 0 Å². The zero-order chi connectivity index (χ0) is 18.2. The molecule has 0 saturated heterocycles. The molecule has 2 aromatic rings. The average Bonchev–Trinajstić information content (AvgIpc) is 2.57. The maximum Gasteiger partial charge on any atom is 0.320 e. The fourth-order valence-electron chi connectivity index (χ4n) is 2.48. The van der Waals surface area contributed by atoms with Gasteiger partial charge in [-0.15, -0.1) is 0 Å². The maximum absolute atomic E-state index is 11.3. The van der Waals surface area contributed by atoms with E-state index in [1.807, 2.05) is 62.4 Å². The van der Waals surface area contributed by atoms with Gasteiger partial charge in [0.1, 0.15) is 18.4 Å². The lowest BCUT2D eigenvalue weighted by Gasteiger charge is -2.16. The fourth-order valence-corrected chi connectivity index (χ4v) is 2.69. The highest BCUT2D eigenvalue weighted by atomic mass is 35.5. The molecule has 134 valence electrons. The van der Waals surface area contributed by atoms with Gasteiger partial charge in [0.2, 0.25) is 0 Å². The highest BCUT2D eigenvalue weighted by Crippen LogP contribution is 2.16. The molecule has 0 amide bonds. The van der Waals surface area contributed by atoms with E-state index in [2.05, 4.69) is 5.32 Å². The standard InChI is InChI=1S/C20H24ClNO3/c1-14(2)10-19(20(23)24)22-12-15-6-8-18(9-7-15)25-13-16-4-3-5-17(21)11-16/h3-9,11,14,19,22H,10,12-13H2,1-2H3,(H,23,24). The molecule has 0 aliphatic carbocycles. The predicted molar refractivity (Wildman–Crippen MR) is 99.9 cm³/mol. The van der Waals surface area contributed by atoms with Crippen molar-refractivity contribution in [3.8, 4) is 5.75 Å². The minimum atomic E-state index is -0.810. The number of carboxylic acid groups (broad SMARTS) is 1. The number of hydrogen-bond donors (Lipinski definition) is 2. The van der Waals surface area contributed by atoms with E-state index >= 15 is 0 Å². The Morgan fingerprint density at radius 3 is 2.48 bits per heavy atom. The van der Waals surface area contributed by atoms with Crippen LogP contribution in [0, 0.1) is 5.92 Å². The molecule has 25 heavy (non-hydrogen) atoms. The molecule has 0 bridgehead atoms. The van der Waals surface area contributed by atoms with Gasteiger partial charge >= 0.3 is 5.97 Å². The van der Waals surface area contributed by atoms with E-state index in [1.165, 1.54) is 0 Å². The van der Waals surface area contributed by atoms with Crippen molar-refractivity contribution in [3.05, 3.63) is 64.7 Å². The van der Waals surface area contributed by atoms with Crippen LogP contribution in [0.2, 0.25) is 5.02 Å². The first-order valence-corrected chi connectivity index (χ1v) is 8.74. The number of rotatable bonds is 9. The molecule has 0 aliphatic heterocycles. The van der Waals surface area contributed by atoms with Crippen LogP contribution in [0.4, 0.5) is 0 Å². The summed E-state index contributed by atoms with van der Waals surface area (Å²) in [6, 6.07) is 14.7. The molecule has 0 heterocycles. The Bertz CT molecular complexity index is 686. The molecule has 2 rings (SSSR count). The van der Waals surface area contributed by atoms with Gasteiger partial charge in [0.15, 0.2) is 0 Å². The molecule has 0 aliphatic rings. The van der Waals surface area contributed by atoms with Crippen molar-refractivity contribution in [1.29, 1.82) is 0 Å². The topological polar surface area (TPSA) is 58.6 Å². The second kappa shape index (κ2) is 9.44. The van der Waals surface area contributed by atoms with Crippen molar-refractivity contribution in [1.82, 2.24) is 5.32 Å². The normalized spacial score (nSPS) is 12.2. The smallest absolute Gasteiger partial charge is 0.320 e. The van der Waals surface area contributed by atoms with Gasteiger partial charge < -0.3 is 15.2 Å². The summed E-state index contributed by atoms with van der Waals surface area (Å²) in [6.45, 7) is 5.00. The lowest BCUT2D eigenvalue weighted by atomic mass is 10.0. The number of ether oxygens (including phenoxy) is 1. The molecule has 0 saturated carbocycles. The highest BCUT2D eigenvalue weighted by Gasteiger charge is 2.17. The quantitative estimate of drug-likeness (QED) is 0.690. The van der Waals surface area contributed by atoms with Gasteiger partial charge in [0.05, 0.1) is 0 Å². The maximum atomic E-state index is 11.3. The first-order valence-electron chi connectivity index (χ1n) is 8.36. The van der Waals surface area contributed by atoms with Gasteiger partial charge in [0, 0.05) is 11.6 Å². The van der Waals surface area contributed by atoms with Gasteiger partial charge in [0.25, 0.3) is 0 Å². The van der Waals surface area contributed by atoms with Crippen molar-refractivity contribution in [3.63, 3.8) is 0 Å². The van der Waals surface area contributed by atoms with Gasteiger partial charge in [-0.25, -0.2) is 0 Å². The first-order chi connectivity index (χ1) is 11.9. The summed E-state index contributed by atoms with van der Waals surface area (Å²) >= 11 is 5.96. The summed E-state index contributed by atoms with van der Waals surface area (Å²) < 4.78 is 5.75. The lowest BCUT2D eigenvalue weighted by molar-refractivity contribution is -0.140. The number of hydrogen-bond acceptors (Lipinski definition) is 3. The van der Waals surface area contributed by atoms with Crippen LogP contribution < -0.4 is 10.1 Å². The van der Waals surface area contributed by atoms with E-state index < -0.39 is 12.0 Å². The van der Waals surface area contributed by atoms with E-state index in [1.54, 1.807) is 0 Å². The zero-order valence-corrected chi connectivity index (χ0v) is 15.3. The van der Waals surface area contributed by atoms with E-state index in [-0.39, 0.29) is 0 Å². The molecule has 2 aromatic carbocycles. The van der Waals surface area contributed by atoms with E-state index in [4.69, 9.17) is 16.3 Å².